The monoisotopic (exact) mass is 376 g/mol. The van der Waals surface area contributed by atoms with Crippen molar-refractivity contribution >= 4 is 27.7 Å². The Labute approximate surface area is 163 Å². The molecule has 0 amide bonds. The van der Waals surface area contributed by atoms with Crippen LogP contribution in [0.3, 0.4) is 0 Å². The van der Waals surface area contributed by atoms with Gasteiger partial charge in [-0.15, -0.1) is 5.10 Å². The molecule has 0 spiro atoms. The molecule has 1 aliphatic heterocycles. The highest BCUT2D eigenvalue weighted by atomic mass is 16.5. The fourth-order valence-corrected chi connectivity index (χ4v) is 3.95. The molecule has 1 fully saturated rings. The van der Waals surface area contributed by atoms with Crippen LogP contribution < -0.4 is 4.90 Å². The lowest BCUT2D eigenvalue weighted by Crippen LogP contribution is -2.46. The number of nitrogens with zero attached hydrogens (tertiary/aromatic N) is 6. The van der Waals surface area contributed by atoms with E-state index in [0.29, 0.717) is 0 Å². The lowest BCUT2D eigenvalue weighted by molar-refractivity contribution is 0.251. The first-order chi connectivity index (χ1) is 13.9. The summed E-state index contributed by atoms with van der Waals surface area (Å²) in [6.45, 7) is 6.36. The molecule has 3 heterocycles. The van der Waals surface area contributed by atoms with Crippen molar-refractivity contribution in [3.63, 3.8) is 0 Å². The number of unbranched alkanes of at least 4 members (excludes halogenated alkanes) is 1. The second-order valence-electron chi connectivity index (χ2n) is 7.39. The number of fused-ring (bicyclic) bond motifs is 2. The first kappa shape index (κ1) is 17.2. The van der Waals surface area contributed by atoms with Crippen LogP contribution in [0, 0.1) is 0 Å². The molecular formula is C21H24N6O. The van der Waals surface area contributed by atoms with Crippen molar-refractivity contribution in [1.29, 1.82) is 0 Å². The lowest BCUT2D eigenvalue weighted by atomic mass is 10.2. The molecule has 1 aliphatic rings. The lowest BCUT2D eigenvalue weighted by Gasteiger charge is -2.36. The summed E-state index contributed by atoms with van der Waals surface area (Å²) in [6, 6.07) is 14.5. The van der Waals surface area contributed by atoms with Gasteiger partial charge < -0.3 is 9.42 Å². The zero-order valence-electron chi connectivity index (χ0n) is 15.9. The van der Waals surface area contributed by atoms with Crippen LogP contribution in [0.2, 0.25) is 0 Å². The first-order valence-electron chi connectivity index (χ1n) is 9.97. The molecule has 7 nitrogen and oxygen atoms in total. The molecule has 0 N–H and O–H groups in total. The summed E-state index contributed by atoms with van der Waals surface area (Å²) >= 11 is 0. The maximum atomic E-state index is 5.29. The fourth-order valence-electron chi connectivity index (χ4n) is 3.95. The van der Waals surface area contributed by atoms with Crippen LogP contribution in [0.5, 0.6) is 0 Å². The summed E-state index contributed by atoms with van der Waals surface area (Å²) in [6.07, 6.45) is 4.06. The number of rotatable bonds is 6. The maximum absolute atomic E-state index is 5.29. The summed E-state index contributed by atoms with van der Waals surface area (Å²) in [4.78, 5) is 4.99. The van der Waals surface area contributed by atoms with Crippen molar-refractivity contribution in [3.8, 4) is 0 Å². The molecule has 4 aromatic rings. The van der Waals surface area contributed by atoms with E-state index >= 15 is 0 Å². The van der Waals surface area contributed by atoms with Crippen molar-refractivity contribution in [3.05, 3.63) is 48.7 Å². The van der Waals surface area contributed by atoms with Gasteiger partial charge in [-0.05, 0) is 43.7 Å². The molecule has 0 unspecified atom stereocenters. The van der Waals surface area contributed by atoms with Crippen LogP contribution in [0.1, 0.15) is 12.8 Å². The summed E-state index contributed by atoms with van der Waals surface area (Å²) in [7, 11) is 0. The molecule has 1 saturated heterocycles. The van der Waals surface area contributed by atoms with Crippen molar-refractivity contribution in [2.24, 2.45) is 0 Å². The largest absolute Gasteiger partial charge is 0.369 e. The van der Waals surface area contributed by atoms with Crippen LogP contribution in [0.15, 0.2) is 53.2 Å². The number of piperazine rings is 1. The molecule has 0 aliphatic carbocycles. The van der Waals surface area contributed by atoms with Gasteiger partial charge in [-0.3, -0.25) is 4.90 Å². The van der Waals surface area contributed by atoms with E-state index in [4.69, 9.17) is 4.52 Å². The topological polar surface area (TPSA) is 63.2 Å². The van der Waals surface area contributed by atoms with E-state index in [2.05, 4.69) is 49.5 Å². The fraction of sp³-hybridized carbons (Fsp3) is 0.381. The third-order valence-corrected chi connectivity index (χ3v) is 5.59. The number of aromatic nitrogens is 4. The van der Waals surface area contributed by atoms with Gasteiger partial charge in [-0.1, -0.05) is 22.5 Å². The minimum atomic E-state index is 0.862. The highest BCUT2D eigenvalue weighted by Crippen LogP contribution is 2.23. The van der Waals surface area contributed by atoms with E-state index in [1.54, 1.807) is 6.20 Å². The van der Waals surface area contributed by atoms with Gasteiger partial charge in [0.05, 0.1) is 11.7 Å². The molecule has 7 heteroatoms. The Bertz CT molecular complexity index is 1060. The molecule has 0 saturated carbocycles. The third-order valence-electron chi connectivity index (χ3n) is 5.59. The Kier molecular flexibility index (Phi) is 4.66. The normalized spacial score (nSPS) is 15.6. The average Bonchev–Trinajstić information content (AvgIpc) is 3.38. The van der Waals surface area contributed by atoms with E-state index in [1.807, 2.05) is 22.9 Å². The Morgan fingerprint density at radius 1 is 0.929 bits per heavy atom. The van der Waals surface area contributed by atoms with Gasteiger partial charge in [-0.2, -0.15) is 0 Å². The number of hydrogen-bond donors (Lipinski definition) is 0. The zero-order chi connectivity index (χ0) is 18.8. The minimum absolute atomic E-state index is 0.862. The Morgan fingerprint density at radius 3 is 2.71 bits per heavy atom. The number of anilines is 1. The summed E-state index contributed by atoms with van der Waals surface area (Å²) in [5, 5.41) is 13.4. The van der Waals surface area contributed by atoms with E-state index in [9.17, 15) is 0 Å². The number of aryl methyl sites for hydroxylation is 1. The quantitative estimate of drug-likeness (QED) is 0.482. The Hall–Kier alpha value is -2.93. The predicted octanol–water partition coefficient (Wildman–Crippen LogP) is 3.17. The van der Waals surface area contributed by atoms with Crippen molar-refractivity contribution in [1.82, 2.24) is 25.1 Å². The van der Waals surface area contributed by atoms with Gasteiger partial charge in [-0.25, -0.2) is 4.68 Å². The molecule has 0 radical (unpaired) electrons. The third kappa shape index (κ3) is 3.45. The average molecular weight is 376 g/mol. The van der Waals surface area contributed by atoms with E-state index in [0.717, 1.165) is 67.7 Å². The number of benzene rings is 2. The SMILES string of the molecule is c1ccc2c(c1)nnn2CCCCN1CCN(c2ccc3cnoc3c2)CC1. The van der Waals surface area contributed by atoms with Gasteiger partial charge in [0.1, 0.15) is 5.52 Å². The van der Waals surface area contributed by atoms with Gasteiger partial charge in [0, 0.05) is 49.9 Å². The van der Waals surface area contributed by atoms with Crippen molar-refractivity contribution < 1.29 is 4.52 Å². The van der Waals surface area contributed by atoms with E-state index in [1.165, 1.54) is 12.1 Å². The zero-order valence-corrected chi connectivity index (χ0v) is 15.9. The smallest absolute Gasteiger partial charge is 0.168 e. The van der Waals surface area contributed by atoms with Gasteiger partial charge in [0.2, 0.25) is 0 Å². The Balaban J connectivity index is 1.09. The van der Waals surface area contributed by atoms with Crippen molar-refractivity contribution in [2.75, 3.05) is 37.6 Å². The number of para-hydroxylation sites is 1. The molecule has 2 aromatic carbocycles. The number of hydrogen-bond acceptors (Lipinski definition) is 6. The molecule has 28 heavy (non-hydrogen) atoms. The standard InChI is InChI=1S/C21H24N6O/c1-2-6-20-19(5-1)23-24-27(20)10-4-3-9-25-11-13-26(14-12-25)18-8-7-17-16-22-28-21(17)15-18/h1-2,5-8,15-16H,3-4,9-14H2. The van der Waals surface area contributed by atoms with Crippen LogP contribution in [-0.4, -0.2) is 57.8 Å². The van der Waals surface area contributed by atoms with Crippen LogP contribution in [-0.2, 0) is 6.54 Å². The van der Waals surface area contributed by atoms with E-state index in [-0.39, 0.29) is 0 Å². The minimum Gasteiger partial charge on any atom is -0.369 e. The van der Waals surface area contributed by atoms with Gasteiger partial charge in [0.25, 0.3) is 0 Å². The van der Waals surface area contributed by atoms with Crippen LogP contribution >= 0.6 is 0 Å². The highest BCUT2D eigenvalue weighted by Gasteiger charge is 2.17. The van der Waals surface area contributed by atoms with Crippen LogP contribution in [0.25, 0.3) is 22.0 Å². The molecule has 0 atom stereocenters. The second kappa shape index (κ2) is 7.59. The molecule has 2 aromatic heterocycles. The summed E-state index contributed by atoms with van der Waals surface area (Å²) < 4.78 is 7.32. The summed E-state index contributed by atoms with van der Waals surface area (Å²) in [5.74, 6) is 0. The molecule has 5 rings (SSSR count). The molecular weight excluding hydrogens is 352 g/mol. The predicted molar refractivity (Wildman–Crippen MR) is 109 cm³/mol. The van der Waals surface area contributed by atoms with Gasteiger partial charge >= 0.3 is 0 Å². The summed E-state index contributed by atoms with van der Waals surface area (Å²) in [5.41, 5.74) is 4.18. The second-order valence-corrected chi connectivity index (χ2v) is 7.39. The van der Waals surface area contributed by atoms with Crippen LogP contribution in [0.4, 0.5) is 5.69 Å². The Morgan fingerprint density at radius 2 is 1.79 bits per heavy atom. The maximum Gasteiger partial charge on any atom is 0.168 e. The van der Waals surface area contributed by atoms with Crippen molar-refractivity contribution in [2.45, 2.75) is 19.4 Å². The highest BCUT2D eigenvalue weighted by molar-refractivity contribution is 5.80. The van der Waals surface area contributed by atoms with E-state index < -0.39 is 0 Å². The molecule has 0 bridgehead atoms. The molecule has 144 valence electrons. The van der Waals surface area contributed by atoms with Gasteiger partial charge in [0.15, 0.2) is 5.58 Å². The first-order valence-corrected chi connectivity index (χ1v) is 9.97.